The second-order valence-corrected chi connectivity index (χ2v) is 5.13. The minimum absolute atomic E-state index is 0.189. The SMILES string of the molecule is CC(NCc1ccc(C(=O)O)s1)c1cccnc1. The molecule has 1 unspecified atom stereocenters. The summed E-state index contributed by atoms with van der Waals surface area (Å²) in [4.78, 5) is 16.2. The number of carboxylic acids is 1. The smallest absolute Gasteiger partial charge is 0.345 e. The highest BCUT2D eigenvalue weighted by Gasteiger charge is 2.08. The van der Waals surface area contributed by atoms with Crippen molar-refractivity contribution in [3.8, 4) is 0 Å². The Morgan fingerprint density at radius 1 is 1.50 bits per heavy atom. The molecule has 0 aliphatic heterocycles. The molecule has 0 spiro atoms. The number of nitrogens with one attached hydrogen (secondary N) is 1. The molecule has 4 nitrogen and oxygen atoms in total. The zero-order valence-corrected chi connectivity index (χ0v) is 10.8. The van der Waals surface area contributed by atoms with Crippen LogP contribution in [0.3, 0.4) is 0 Å². The summed E-state index contributed by atoms with van der Waals surface area (Å²) in [6.45, 7) is 2.72. The lowest BCUT2D eigenvalue weighted by atomic mass is 10.1. The Bertz CT molecular complexity index is 525. The van der Waals surface area contributed by atoms with Crippen LogP contribution >= 0.6 is 11.3 Å². The summed E-state index contributed by atoms with van der Waals surface area (Å²) in [5, 5.41) is 12.2. The maximum Gasteiger partial charge on any atom is 0.345 e. The van der Waals surface area contributed by atoms with Crippen LogP contribution in [0.2, 0.25) is 0 Å². The molecule has 1 atom stereocenters. The number of rotatable bonds is 5. The predicted molar refractivity (Wildman–Crippen MR) is 70.8 cm³/mol. The van der Waals surface area contributed by atoms with Gasteiger partial charge in [0.05, 0.1) is 0 Å². The average Bonchev–Trinajstić information content (AvgIpc) is 2.86. The van der Waals surface area contributed by atoms with Gasteiger partial charge in [-0.25, -0.2) is 4.79 Å². The van der Waals surface area contributed by atoms with E-state index in [1.165, 1.54) is 11.3 Å². The minimum Gasteiger partial charge on any atom is -0.477 e. The Labute approximate surface area is 109 Å². The van der Waals surface area contributed by atoms with Crippen molar-refractivity contribution in [2.24, 2.45) is 0 Å². The molecule has 2 aromatic rings. The lowest BCUT2D eigenvalue weighted by Crippen LogP contribution is -2.17. The molecule has 94 valence electrons. The van der Waals surface area contributed by atoms with E-state index in [0.717, 1.165) is 10.4 Å². The van der Waals surface area contributed by atoms with Gasteiger partial charge in [0.1, 0.15) is 4.88 Å². The normalized spacial score (nSPS) is 12.3. The molecule has 0 fully saturated rings. The predicted octanol–water partition coefficient (Wildman–Crippen LogP) is 2.69. The minimum atomic E-state index is -0.869. The maximum absolute atomic E-state index is 10.8. The van der Waals surface area contributed by atoms with Crippen LogP contribution in [0.1, 0.15) is 33.1 Å². The van der Waals surface area contributed by atoms with Crippen molar-refractivity contribution in [2.45, 2.75) is 19.5 Å². The van der Waals surface area contributed by atoms with Crippen molar-refractivity contribution in [3.05, 3.63) is 52.0 Å². The largest absolute Gasteiger partial charge is 0.477 e. The van der Waals surface area contributed by atoms with Gasteiger partial charge in [-0.3, -0.25) is 4.98 Å². The van der Waals surface area contributed by atoms with Crippen molar-refractivity contribution >= 4 is 17.3 Å². The third-order valence-corrected chi connectivity index (χ3v) is 3.71. The van der Waals surface area contributed by atoms with Crippen LogP contribution in [0.5, 0.6) is 0 Å². The molecule has 0 amide bonds. The molecular formula is C13H14N2O2S. The first kappa shape index (κ1) is 12.7. The van der Waals surface area contributed by atoms with Crippen LogP contribution in [0.15, 0.2) is 36.7 Å². The highest BCUT2D eigenvalue weighted by atomic mass is 32.1. The van der Waals surface area contributed by atoms with E-state index in [0.29, 0.717) is 11.4 Å². The quantitative estimate of drug-likeness (QED) is 0.869. The number of aromatic carboxylic acids is 1. The fraction of sp³-hybridized carbons (Fsp3) is 0.231. The summed E-state index contributed by atoms with van der Waals surface area (Å²) in [5.74, 6) is -0.869. The van der Waals surface area contributed by atoms with Gasteiger partial charge in [0.15, 0.2) is 0 Å². The first-order chi connectivity index (χ1) is 8.66. The molecule has 0 aliphatic rings. The molecule has 0 saturated heterocycles. The Kier molecular flexibility index (Phi) is 4.07. The van der Waals surface area contributed by atoms with E-state index in [1.807, 2.05) is 24.4 Å². The van der Waals surface area contributed by atoms with E-state index >= 15 is 0 Å². The number of hydrogen-bond donors (Lipinski definition) is 2. The first-order valence-electron chi connectivity index (χ1n) is 5.62. The van der Waals surface area contributed by atoms with Gasteiger partial charge >= 0.3 is 5.97 Å². The molecule has 0 bridgehead atoms. The number of carbonyl (C=O) groups is 1. The molecule has 0 aromatic carbocycles. The monoisotopic (exact) mass is 262 g/mol. The second kappa shape index (κ2) is 5.75. The van der Waals surface area contributed by atoms with Crippen LogP contribution in [0.4, 0.5) is 0 Å². The van der Waals surface area contributed by atoms with Gasteiger partial charge in [0.2, 0.25) is 0 Å². The van der Waals surface area contributed by atoms with Crippen LogP contribution in [0, 0.1) is 0 Å². The highest BCUT2D eigenvalue weighted by Crippen LogP contribution is 2.18. The van der Waals surface area contributed by atoms with Gasteiger partial charge in [0.25, 0.3) is 0 Å². The lowest BCUT2D eigenvalue weighted by Gasteiger charge is -2.12. The Morgan fingerprint density at radius 2 is 2.33 bits per heavy atom. The molecule has 2 aromatic heterocycles. The zero-order chi connectivity index (χ0) is 13.0. The molecule has 0 saturated carbocycles. The summed E-state index contributed by atoms with van der Waals surface area (Å²) in [6.07, 6.45) is 3.57. The number of pyridine rings is 1. The summed E-state index contributed by atoms with van der Waals surface area (Å²) in [7, 11) is 0. The van der Waals surface area contributed by atoms with Crippen LogP contribution in [0.25, 0.3) is 0 Å². The van der Waals surface area contributed by atoms with Crippen LogP contribution in [-0.4, -0.2) is 16.1 Å². The average molecular weight is 262 g/mol. The molecule has 2 N–H and O–H groups in total. The number of aromatic nitrogens is 1. The van der Waals surface area contributed by atoms with Gasteiger partial charge in [0, 0.05) is 29.9 Å². The van der Waals surface area contributed by atoms with Crippen molar-refractivity contribution in [2.75, 3.05) is 0 Å². The van der Waals surface area contributed by atoms with Gasteiger partial charge < -0.3 is 10.4 Å². The molecule has 0 aliphatic carbocycles. The van der Waals surface area contributed by atoms with Gasteiger partial charge in [-0.15, -0.1) is 11.3 Å². The van der Waals surface area contributed by atoms with Crippen molar-refractivity contribution in [3.63, 3.8) is 0 Å². The topological polar surface area (TPSA) is 62.2 Å². The fourth-order valence-corrected chi connectivity index (χ4v) is 2.39. The molecule has 0 radical (unpaired) electrons. The summed E-state index contributed by atoms with van der Waals surface area (Å²) < 4.78 is 0. The van der Waals surface area contributed by atoms with Crippen molar-refractivity contribution < 1.29 is 9.90 Å². The Balaban J connectivity index is 1.93. The van der Waals surface area contributed by atoms with Crippen molar-refractivity contribution in [1.29, 1.82) is 0 Å². The fourth-order valence-electron chi connectivity index (χ4n) is 1.59. The molecule has 2 rings (SSSR count). The second-order valence-electron chi connectivity index (χ2n) is 3.96. The van der Waals surface area contributed by atoms with Gasteiger partial charge in [-0.2, -0.15) is 0 Å². The molecule has 18 heavy (non-hydrogen) atoms. The lowest BCUT2D eigenvalue weighted by molar-refractivity contribution is 0.0702. The van der Waals surface area contributed by atoms with Crippen molar-refractivity contribution in [1.82, 2.24) is 10.3 Å². The first-order valence-corrected chi connectivity index (χ1v) is 6.44. The van der Waals surface area contributed by atoms with E-state index in [9.17, 15) is 4.79 Å². The number of nitrogens with zero attached hydrogens (tertiary/aromatic N) is 1. The van der Waals surface area contributed by atoms with E-state index in [4.69, 9.17) is 5.11 Å². The molecule has 2 heterocycles. The van der Waals surface area contributed by atoms with E-state index in [1.54, 1.807) is 12.3 Å². The summed E-state index contributed by atoms with van der Waals surface area (Å²) in [5.41, 5.74) is 1.12. The van der Waals surface area contributed by atoms with E-state index in [2.05, 4.69) is 17.2 Å². The Morgan fingerprint density at radius 3 is 2.94 bits per heavy atom. The van der Waals surface area contributed by atoms with E-state index in [-0.39, 0.29) is 6.04 Å². The maximum atomic E-state index is 10.8. The summed E-state index contributed by atoms with van der Waals surface area (Å²) >= 11 is 1.30. The highest BCUT2D eigenvalue weighted by molar-refractivity contribution is 7.13. The van der Waals surface area contributed by atoms with Crippen LogP contribution < -0.4 is 5.32 Å². The Hall–Kier alpha value is -1.72. The van der Waals surface area contributed by atoms with Gasteiger partial charge in [-0.05, 0) is 30.7 Å². The molecule has 5 heteroatoms. The summed E-state index contributed by atoms with van der Waals surface area (Å²) in [6, 6.07) is 7.59. The number of thiophene rings is 1. The van der Waals surface area contributed by atoms with Gasteiger partial charge in [-0.1, -0.05) is 6.07 Å². The number of hydrogen-bond acceptors (Lipinski definition) is 4. The third-order valence-electron chi connectivity index (χ3n) is 2.64. The molecular weight excluding hydrogens is 248 g/mol. The van der Waals surface area contributed by atoms with Crippen LogP contribution in [-0.2, 0) is 6.54 Å². The van der Waals surface area contributed by atoms with E-state index < -0.39 is 5.97 Å². The standard InChI is InChI=1S/C13H14N2O2S/c1-9(10-3-2-6-14-7-10)15-8-11-4-5-12(18-11)13(16)17/h2-7,9,15H,8H2,1H3,(H,16,17). The zero-order valence-electron chi connectivity index (χ0n) is 9.96. The third kappa shape index (κ3) is 3.15. The number of carboxylic acid groups (broad SMARTS) is 1.